The number of nitrogens with zero attached hydrogens (tertiary/aromatic N) is 3. The molecule has 1 saturated heterocycles. The Hall–Kier alpha value is -3.20. The maximum absolute atomic E-state index is 12.4. The smallest absolute Gasteiger partial charge is 0.328 e. The average Bonchev–Trinajstić information content (AvgIpc) is 3.30. The number of nitrogen functional groups attached to an aromatic ring is 1. The van der Waals surface area contributed by atoms with Gasteiger partial charge < -0.3 is 20.8 Å². The summed E-state index contributed by atoms with van der Waals surface area (Å²) in [6, 6.07) is 9.50. The van der Waals surface area contributed by atoms with Crippen LogP contribution in [0.1, 0.15) is 29.0 Å². The number of imidazole rings is 1. The molecule has 140 valence electrons. The molecule has 0 aliphatic carbocycles. The lowest BCUT2D eigenvalue weighted by Crippen LogP contribution is -2.33. The van der Waals surface area contributed by atoms with E-state index >= 15 is 0 Å². The van der Waals surface area contributed by atoms with E-state index in [1.54, 1.807) is 0 Å². The van der Waals surface area contributed by atoms with Gasteiger partial charge in [0, 0.05) is 13.2 Å². The van der Waals surface area contributed by atoms with E-state index < -0.39 is 5.91 Å². The fourth-order valence-corrected chi connectivity index (χ4v) is 3.16. The second kappa shape index (κ2) is 7.20. The van der Waals surface area contributed by atoms with Gasteiger partial charge in [0.15, 0.2) is 11.5 Å². The Kier molecular flexibility index (Phi) is 4.59. The summed E-state index contributed by atoms with van der Waals surface area (Å²) in [7, 11) is 0. The topological polar surface area (TPSA) is 128 Å². The number of benzene rings is 1. The van der Waals surface area contributed by atoms with Crippen LogP contribution in [0.5, 0.6) is 0 Å². The fourth-order valence-electron chi connectivity index (χ4n) is 3.16. The molecule has 9 nitrogen and oxygen atoms in total. The molecule has 4 N–H and O–H groups in total. The molecule has 3 heterocycles. The molecule has 1 amide bonds. The molecule has 27 heavy (non-hydrogen) atoms. The number of hydrogen-bond donors (Lipinski definition) is 3. The van der Waals surface area contributed by atoms with E-state index in [1.165, 1.54) is 4.57 Å². The first kappa shape index (κ1) is 17.2. The van der Waals surface area contributed by atoms with Gasteiger partial charge in [-0.05, 0) is 18.4 Å². The van der Waals surface area contributed by atoms with Crippen LogP contribution >= 0.6 is 0 Å². The molecule has 0 bridgehead atoms. The van der Waals surface area contributed by atoms with Crippen LogP contribution in [0.3, 0.4) is 0 Å². The highest BCUT2D eigenvalue weighted by Gasteiger charge is 2.20. The molecular formula is C18H20N6O3. The number of fused-ring (bicyclic) bond motifs is 1. The summed E-state index contributed by atoms with van der Waals surface area (Å²) in [6.07, 6.45) is 1.92. The molecule has 0 radical (unpaired) electrons. The van der Waals surface area contributed by atoms with Crippen molar-refractivity contribution in [1.82, 2.24) is 24.8 Å². The molecule has 1 aliphatic rings. The number of rotatable bonds is 5. The van der Waals surface area contributed by atoms with Crippen LogP contribution in [0, 0.1) is 0 Å². The summed E-state index contributed by atoms with van der Waals surface area (Å²) in [5, 5.41) is 2.77. The Morgan fingerprint density at radius 2 is 2.15 bits per heavy atom. The Bertz CT molecular complexity index is 1020. The first-order valence-corrected chi connectivity index (χ1v) is 8.81. The van der Waals surface area contributed by atoms with E-state index in [0.29, 0.717) is 30.9 Å². The van der Waals surface area contributed by atoms with Crippen molar-refractivity contribution in [3.05, 3.63) is 52.2 Å². The summed E-state index contributed by atoms with van der Waals surface area (Å²) < 4.78 is 6.94. The van der Waals surface area contributed by atoms with Crippen molar-refractivity contribution >= 4 is 22.9 Å². The minimum atomic E-state index is -0.445. The third kappa shape index (κ3) is 3.54. The number of amides is 1. The van der Waals surface area contributed by atoms with E-state index in [2.05, 4.69) is 20.3 Å². The van der Waals surface area contributed by atoms with Gasteiger partial charge in [0.2, 0.25) is 5.82 Å². The molecule has 1 aliphatic heterocycles. The molecule has 1 unspecified atom stereocenters. The summed E-state index contributed by atoms with van der Waals surface area (Å²) >= 11 is 0. The van der Waals surface area contributed by atoms with Gasteiger partial charge in [0.25, 0.3) is 5.91 Å². The molecule has 4 rings (SSSR count). The SMILES string of the molecule is Nc1nc(C(=O)NCC2CCCO2)nc2c1[nH]c(=O)n2Cc1ccccc1. The minimum absolute atomic E-state index is 0.0125. The summed E-state index contributed by atoms with van der Waals surface area (Å²) in [5.74, 6) is -0.455. The zero-order valence-electron chi connectivity index (χ0n) is 14.6. The van der Waals surface area contributed by atoms with E-state index in [-0.39, 0.29) is 23.4 Å². The zero-order chi connectivity index (χ0) is 18.8. The monoisotopic (exact) mass is 368 g/mol. The van der Waals surface area contributed by atoms with Gasteiger partial charge in [-0.3, -0.25) is 9.36 Å². The Morgan fingerprint density at radius 1 is 1.33 bits per heavy atom. The van der Waals surface area contributed by atoms with Crippen LogP contribution in [0.4, 0.5) is 5.82 Å². The number of H-pyrrole nitrogens is 1. The van der Waals surface area contributed by atoms with Crippen molar-refractivity contribution in [2.45, 2.75) is 25.5 Å². The van der Waals surface area contributed by atoms with Crippen molar-refractivity contribution in [3.63, 3.8) is 0 Å². The second-order valence-electron chi connectivity index (χ2n) is 6.48. The van der Waals surface area contributed by atoms with Crippen LogP contribution in [0.2, 0.25) is 0 Å². The molecule has 1 atom stereocenters. The predicted octanol–water partition coefficient (Wildman–Crippen LogP) is 0.659. The van der Waals surface area contributed by atoms with Crippen molar-refractivity contribution in [1.29, 1.82) is 0 Å². The van der Waals surface area contributed by atoms with E-state index in [1.807, 2.05) is 30.3 Å². The zero-order valence-corrected chi connectivity index (χ0v) is 14.6. The first-order chi connectivity index (χ1) is 13.1. The lowest BCUT2D eigenvalue weighted by atomic mass is 10.2. The van der Waals surface area contributed by atoms with Crippen molar-refractivity contribution in [2.24, 2.45) is 0 Å². The van der Waals surface area contributed by atoms with Crippen LogP contribution < -0.4 is 16.7 Å². The van der Waals surface area contributed by atoms with Crippen LogP contribution in [0.25, 0.3) is 11.2 Å². The Balaban J connectivity index is 1.63. The second-order valence-corrected chi connectivity index (χ2v) is 6.48. The van der Waals surface area contributed by atoms with Crippen molar-refractivity contribution in [2.75, 3.05) is 18.9 Å². The molecule has 1 aromatic carbocycles. The number of anilines is 1. The molecule has 9 heteroatoms. The average molecular weight is 368 g/mol. The summed E-state index contributed by atoms with van der Waals surface area (Å²) in [6.45, 7) is 1.42. The lowest BCUT2D eigenvalue weighted by molar-refractivity contribution is 0.0849. The number of nitrogens with two attached hydrogens (primary N) is 1. The molecule has 2 aromatic heterocycles. The van der Waals surface area contributed by atoms with Gasteiger partial charge in [-0.1, -0.05) is 30.3 Å². The molecule has 0 spiro atoms. The number of ether oxygens (including phenoxy) is 1. The highest BCUT2D eigenvalue weighted by molar-refractivity contribution is 5.94. The van der Waals surface area contributed by atoms with E-state index in [4.69, 9.17) is 10.5 Å². The number of carbonyl (C=O) groups excluding carboxylic acids is 1. The third-order valence-electron chi connectivity index (χ3n) is 4.55. The van der Waals surface area contributed by atoms with Crippen molar-refractivity contribution < 1.29 is 9.53 Å². The van der Waals surface area contributed by atoms with Crippen molar-refractivity contribution in [3.8, 4) is 0 Å². The summed E-state index contributed by atoms with van der Waals surface area (Å²) in [4.78, 5) is 35.8. The predicted molar refractivity (Wildman–Crippen MR) is 99.4 cm³/mol. The fraction of sp³-hybridized carbons (Fsp3) is 0.333. The number of carbonyl (C=O) groups is 1. The molecule has 1 fully saturated rings. The van der Waals surface area contributed by atoms with Gasteiger partial charge in [-0.15, -0.1) is 0 Å². The maximum Gasteiger partial charge on any atom is 0.328 e. The number of aromatic amines is 1. The van der Waals surface area contributed by atoms with Gasteiger partial charge in [0.05, 0.1) is 12.6 Å². The number of nitrogens with one attached hydrogen (secondary N) is 2. The molecule has 3 aromatic rings. The van der Waals surface area contributed by atoms with E-state index in [0.717, 1.165) is 18.4 Å². The molecule has 0 saturated carbocycles. The number of aromatic nitrogens is 4. The Labute approximate surface area is 154 Å². The maximum atomic E-state index is 12.4. The van der Waals surface area contributed by atoms with Crippen LogP contribution in [-0.2, 0) is 11.3 Å². The quantitative estimate of drug-likeness (QED) is 0.607. The normalized spacial score (nSPS) is 16.7. The number of hydrogen-bond acceptors (Lipinski definition) is 6. The van der Waals surface area contributed by atoms with Gasteiger partial charge in [0.1, 0.15) is 5.52 Å². The third-order valence-corrected chi connectivity index (χ3v) is 4.55. The highest BCUT2D eigenvalue weighted by atomic mass is 16.5. The minimum Gasteiger partial charge on any atom is -0.382 e. The van der Waals surface area contributed by atoms with E-state index in [9.17, 15) is 9.59 Å². The lowest BCUT2D eigenvalue weighted by Gasteiger charge is -2.10. The first-order valence-electron chi connectivity index (χ1n) is 8.81. The largest absolute Gasteiger partial charge is 0.382 e. The van der Waals surface area contributed by atoms with Gasteiger partial charge >= 0.3 is 5.69 Å². The van der Waals surface area contributed by atoms with Crippen LogP contribution in [0.15, 0.2) is 35.1 Å². The summed E-state index contributed by atoms with van der Waals surface area (Å²) in [5.41, 5.74) is 7.16. The highest BCUT2D eigenvalue weighted by Crippen LogP contribution is 2.16. The van der Waals surface area contributed by atoms with Gasteiger partial charge in [-0.2, -0.15) is 0 Å². The standard InChI is InChI=1S/C18H20N6O3/c19-14-13-16(24(18(26)21-13)10-11-5-2-1-3-6-11)23-15(22-14)17(25)20-9-12-7-4-8-27-12/h1-3,5-6,12H,4,7-10H2,(H,20,25)(H,21,26)(H2,19,22,23). The molecular weight excluding hydrogens is 348 g/mol. The van der Waals surface area contributed by atoms with Gasteiger partial charge in [-0.25, -0.2) is 14.8 Å². The van der Waals surface area contributed by atoms with Crippen LogP contribution in [-0.4, -0.2) is 44.7 Å². The Morgan fingerprint density at radius 3 is 2.89 bits per heavy atom.